The van der Waals surface area contributed by atoms with Crippen molar-refractivity contribution in [3.63, 3.8) is 0 Å². The highest BCUT2D eigenvalue weighted by atomic mass is 35.5. The lowest BCUT2D eigenvalue weighted by atomic mass is 10.1. The van der Waals surface area contributed by atoms with Gasteiger partial charge in [0.05, 0.1) is 18.6 Å². The number of nitrogens with zero attached hydrogens (tertiary/aromatic N) is 3. The molecule has 152 valence electrons. The molecule has 3 aromatic rings. The highest BCUT2D eigenvalue weighted by Crippen LogP contribution is 2.69. The lowest BCUT2D eigenvalue weighted by molar-refractivity contribution is 0.367. The molecule has 1 aliphatic carbocycles. The molecule has 8 nitrogen and oxygen atoms in total. The Balaban J connectivity index is 1.64. The van der Waals surface area contributed by atoms with Crippen LogP contribution in [-0.4, -0.2) is 30.7 Å². The number of ether oxygens (including phenoxy) is 1. The smallest absolute Gasteiger partial charge is 0.239 e. The monoisotopic (exact) mass is 434 g/mol. The maximum Gasteiger partial charge on any atom is 0.239 e. The maximum absolute atomic E-state index is 11.4. The van der Waals surface area contributed by atoms with E-state index in [4.69, 9.17) is 26.0 Å². The Morgan fingerprint density at radius 3 is 2.59 bits per heavy atom. The molecular weight excluding hydrogens is 416 g/mol. The van der Waals surface area contributed by atoms with Crippen molar-refractivity contribution in [3.05, 3.63) is 53.1 Å². The highest BCUT2D eigenvalue weighted by Gasteiger charge is 2.62. The van der Waals surface area contributed by atoms with Crippen molar-refractivity contribution >= 4 is 21.6 Å². The first-order valence-electron chi connectivity index (χ1n) is 8.79. The number of rotatable bonds is 5. The molecule has 2 aromatic heterocycles. The normalized spacial score (nSPS) is 20.4. The number of primary sulfonamides is 1. The van der Waals surface area contributed by atoms with Gasteiger partial charge in [-0.2, -0.15) is 4.98 Å². The van der Waals surface area contributed by atoms with Gasteiger partial charge in [-0.25, -0.2) is 13.6 Å². The summed E-state index contributed by atoms with van der Waals surface area (Å²) in [6.07, 6.45) is 1.27. The molecule has 2 heterocycles. The minimum Gasteiger partial charge on any atom is -0.496 e. The van der Waals surface area contributed by atoms with Gasteiger partial charge in [0.15, 0.2) is 0 Å². The topological polar surface area (TPSA) is 121 Å². The van der Waals surface area contributed by atoms with Crippen LogP contribution in [0, 0.1) is 5.41 Å². The molecule has 29 heavy (non-hydrogen) atoms. The second kappa shape index (κ2) is 6.79. The van der Waals surface area contributed by atoms with E-state index in [9.17, 15) is 8.42 Å². The van der Waals surface area contributed by atoms with Crippen molar-refractivity contribution in [2.24, 2.45) is 10.6 Å². The number of halogens is 1. The zero-order chi connectivity index (χ0) is 21.0. The summed E-state index contributed by atoms with van der Waals surface area (Å²) in [4.78, 5) is 8.83. The lowest BCUT2D eigenvalue weighted by Crippen LogP contribution is -2.12. The van der Waals surface area contributed by atoms with Crippen LogP contribution in [0.25, 0.3) is 11.4 Å². The zero-order valence-electron chi connectivity index (χ0n) is 16.0. The minimum absolute atomic E-state index is 0.00610. The molecule has 2 N–H and O–H groups in total. The highest BCUT2D eigenvalue weighted by molar-refractivity contribution is 7.89. The van der Waals surface area contributed by atoms with Crippen LogP contribution < -0.4 is 9.88 Å². The summed E-state index contributed by atoms with van der Waals surface area (Å²) in [5.41, 5.74) is 1.20. The number of hydrogen-bond donors (Lipinski definition) is 1. The van der Waals surface area contributed by atoms with Gasteiger partial charge in [-0.15, -0.1) is 0 Å². The third-order valence-corrected chi connectivity index (χ3v) is 6.48. The molecule has 1 aromatic carbocycles. The van der Waals surface area contributed by atoms with E-state index in [1.807, 2.05) is 0 Å². The van der Waals surface area contributed by atoms with E-state index >= 15 is 0 Å². The Bertz CT molecular complexity index is 1180. The van der Waals surface area contributed by atoms with Gasteiger partial charge in [-0.1, -0.05) is 30.6 Å². The number of aromatic nitrogens is 3. The predicted octanol–water partition coefficient (Wildman–Crippen LogP) is 3.35. The lowest BCUT2D eigenvalue weighted by Gasteiger charge is -2.04. The molecule has 0 spiro atoms. The zero-order valence-corrected chi connectivity index (χ0v) is 17.5. The average molecular weight is 435 g/mol. The van der Waals surface area contributed by atoms with Crippen molar-refractivity contribution in [2.75, 3.05) is 7.11 Å². The van der Waals surface area contributed by atoms with E-state index in [2.05, 4.69) is 29.0 Å². The van der Waals surface area contributed by atoms with Gasteiger partial charge in [0.2, 0.25) is 21.7 Å². The summed E-state index contributed by atoms with van der Waals surface area (Å²) in [5, 5.41) is 9.78. The molecular formula is C19H19ClN4O4S. The summed E-state index contributed by atoms with van der Waals surface area (Å²) < 4.78 is 33.8. The number of methoxy groups -OCH3 is 1. The first kappa shape index (κ1) is 19.8. The van der Waals surface area contributed by atoms with E-state index < -0.39 is 10.0 Å². The Morgan fingerprint density at radius 1 is 1.21 bits per heavy atom. The molecule has 10 heteroatoms. The quantitative estimate of drug-likeness (QED) is 0.653. The second-order valence-corrected chi connectivity index (χ2v) is 9.54. The van der Waals surface area contributed by atoms with Crippen molar-refractivity contribution in [3.8, 4) is 17.1 Å². The SMILES string of the molecule is COc1ccc(Cl)cc1-c1noc([C@@H]2[C@@H](c3ccc(S(N)(=O)=O)cn3)C2(C)C)n1. The van der Waals surface area contributed by atoms with Crippen LogP contribution in [0.5, 0.6) is 5.75 Å². The van der Waals surface area contributed by atoms with Crippen LogP contribution in [0.3, 0.4) is 0 Å². The Morgan fingerprint density at radius 2 is 1.97 bits per heavy atom. The first-order valence-corrected chi connectivity index (χ1v) is 10.7. The fourth-order valence-electron chi connectivity index (χ4n) is 3.72. The summed E-state index contributed by atoms with van der Waals surface area (Å²) in [7, 11) is -2.22. The Labute approximate surface area is 173 Å². The minimum atomic E-state index is -3.78. The van der Waals surface area contributed by atoms with E-state index in [1.54, 1.807) is 31.4 Å². The standard InChI is InChI=1S/C19H19ClN4O4S/c1-19(2)15(13-6-5-11(9-22-13)29(21,25)26)16(19)18-23-17(24-28-18)12-8-10(20)4-7-14(12)27-3/h4-9,15-16H,1-3H3,(H2,21,25,26)/t15-,16+/m1/s1. The van der Waals surface area contributed by atoms with Gasteiger partial charge in [0, 0.05) is 22.8 Å². The van der Waals surface area contributed by atoms with Gasteiger partial charge in [-0.3, -0.25) is 4.98 Å². The van der Waals surface area contributed by atoms with E-state index in [-0.39, 0.29) is 22.1 Å². The summed E-state index contributed by atoms with van der Waals surface area (Å²) in [6, 6.07) is 8.32. The van der Waals surface area contributed by atoms with Crippen LogP contribution in [0.1, 0.15) is 37.3 Å². The summed E-state index contributed by atoms with van der Waals surface area (Å²) in [6.45, 7) is 4.14. The molecule has 0 amide bonds. The van der Waals surface area contributed by atoms with Crippen molar-refractivity contribution in [1.82, 2.24) is 15.1 Å². The van der Waals surface area contributed by atoms with Gasteiger partial charge in [-0.05, 0) is 35.7 Å². The molecule has 1 fully saturated rings. The largest absolute Gasteiger partial charge is 0.496 e. The number of nitrogens with two attached hydrogens (primary N) is 1. The molecule has 2 atom stereocenters. The number of pyridine rings is 1. The Hall–Kier alpha value is -2.49. The van der Waals surface area contributed by atoms with Crippen LogP contribution in [0.15, 0.2) is 45.9 Å². The number of sulfonamides is 1. The van der Waals surface area contributed by atoms with Crippen LogP contribution in [-0.2, 0) is 10.0 Å². The molecule has 1 saturated carbocycles. The molecule has 0 unspecified atom stereocenters. The van der Waals surface area contributed by atoms with Crippen LogP contribution in [0.4, 0.5) is 0 Å². The molecule has 0 bridgehead atoms. The third-order valence-electron chi connectivity index (χ3n) is 5.34. The van der Waals surface area contributed by atoms with E-state index in [1.165, 1.54) is 12.3 Å². The average Bonchev–Trinajstić information content (AvgIpc) is 3.01. The summed E-state index contributed by atoms with van der Waals surface area (Å²) >= 11 is 6.10. The van der Waals surface area contributed by atoms with Gasteiger partial charge >= 0.3 is 0 Å². The van der Waals surface area contributed by atoms with Crippen molar-refractivity contribution in [2.45, 2.75) is 30.6 Å². The van der Waals surface area contributed by atoms with Gasteiger partial charge in [0.25, 0.3) is 0 Å². The Kier molecular flexibility index (Phi) is 4.64. The second-order valence-electron chi connectivity index (χ2n) is 7.54. The van der Waals surface area contributed by atoms with E-state index in [0.717, 1.165) is 5.69 Å². The van der Waals surface area contributed by atoms with Crippen LogP contribution >= 0.6 is 11.6 Å². The van der Waals surface area contributed by atoms with Crippen LogP contribution in [0.2, 0.25) is 5.02 Å². The fourth-order valence-corrected chi connectivity index (χ4v) is 4.35. The van der Waals surface area contributed by atoms with E-state index in [0.29, 0.717) is 28.1 Å². The molecule has 4 rings (SSSR count). The summed E-state index contributed by atoms with van der Waals surface area (Å²) in [5.74, 6) is 1.41. The van der Waals surface area contributed by atoms with Gasteiger partial charge < -0.3 is 9.26 Å². The fraction of sp³-hybridized carbons (Fsp3) is 0.316. The molecule has 0 aliphatic heterocycles. The molecule has 0 saturated heterocycles. The van der Waals surface area contributed by atoms with Gasteiger partial charge in [0.1, 0.15) is 10.6 Å². The number of benzene rings is 1. The third kappa shape index (κ3) is 3.50. The maximum atomic E-state index is 11.4. The molecule has 1 aliphatic rings. The van der Waals surface area contributed by atoms with Crippen molar-refractivity contribution < 1.29 is 17.7 Å². The van der Waals surface area contributed by atoms with Crippen molar-refractivity contribution in [1.29, 1.82) is 0 Å². The number of hydrogen-bond acceptors (Lipinski definition) is 7. The first-order chi connectivity index (χ1) is 13.6. The molecule has 0 radical (unpaired) electrons. The predicted molar refractivity (Wildman–Crippen MR) is 106 cm³/mol.